The highest BCUT2D eigenvalue weighted by Gasteiger charge is 2.32. The normalized spacial score (nSPS) is 15.2. The van der Waals surface area contributed by atoms with Gasteiger partial charge in [0.1, 0.15) is 19.8 Å². The highest BCUT2D eigenvalue weighted by molar-refractivity contribution is 8.06. The lowest BCUT2D eigenvalue weighted by Crippen LogP contribution is -2.32. The molecule has 1 aliphatic heterocycles. The number of nitrogens with zero attached hydrogens (tertiary/aromatic N) is 1. The molecule has 0 fully saturated rings. The van der Waals surface area contributed by atoms with Crippen molar-refractivity contribution in [3.05, 3.63) is 19.1 Å². The van der Waals surface area contributed by atoms with Gasteiger partial charge >= 0.3 is 0 Å². The molecule has 1 unspecified atom stereocenters. The predicted octanol–water partition coefficient (Wildman–Crippen LogP) is 4.10. The molecule has 2 aromatic heterocycles. The molecule has 0 N–H and O–H groups in total. The lowest BCUT2D eigenvalue weighted by atomic mass is 10.3. The second kappa shape index (κ2) is 5.67. The monoisotopic (exact) mass is 389 g/mol. The maximum Gasteiger partial charge on any atom is 0.267 e. The summed E-state index contributed by atoms with van der Waals surface area (Å²) in [6, 6.07) is 0. The fourth-order valence-corrected chi connectivity index (χ4v) is 8.39. The fourth-order valence-electron chi connectivity index (χ4n) is 1.67. The van der Waals surface area contributed by atoms with E-state index < -0.39 is 0 Å². The summed E-state index contributed by atoms with van der Waals surface area (Å²) >= 11 is 13.3. The first-order valence-electron chi connectivity index (χ1n) is 5.03. The summed E-state index contributed by atoms with van der Waals surface area (Å²) in [5, 5.41) is -0.306. The Balaban J connectivity index is 2.14. The lowest BCUT2D eigenvalue weighted by molar-refractivity contribution is 0.883. The van der Waals surface area contributed by atoms with Crippen LogP contribution in [0, 0.1) is 0 Å². The molecule has 0 amide bonds. The summed E-state index contributed by atoms with van der Waals surface area (Å²) in [5.41, 5.74) is 1.18. The standard InChI is InChI=1S/C9H5Cl2NO2S5/c10-1-3(11)2-12-4-6(13)16-18-8(4)15-9-5(12)7(14)17-19-9/h3H,1-2H2. The van der Waals surface area contributed by atoms with Crippen molar-refractivity contribution in [2.75, 3.05) is 17.3 Å². The molecule has 10 heteroatoms. The van der Waals surface area contributed by atoms with Crippen LogP contribution in [-0.4, -0.2) is 17.8 Å². The molecular weight excluding hydrogens is 385 g/mol. The van der Waals surface area contributed by atoms with Gasteiger partial charge in [0.2, 0.25) is 0 Å². The second-order valence-electron chi connectivity index (χ2n) is 3.64. The van der Waals surface area contributed by atoms with Crippen LogP contribution in [0.5, 0.6) is 0 Å². The summed E-state index contributed by atoms with van der Waals surface area (Å²) in [4.78, 5) is 25.7. The lowest BCUT2D eigenvalue weighted by Gasteiger charge is -2.27. The number of anilines is 2. The summed E-state index contributed by atoms with van der Waals surface area (Å²) in [7, 11) is 5.28. The van der Waals surface area contributed by atoms with Crippen molar-refractivity contribution in [3.8, 4) is 0 Å². The Labute approximate surface area is 137 Å². The van der Waals surface area contributed by atoms with Gasteiger partial charge in [-0.05, 0) is 20.7 Å². The van der Waals surface area contributed by atoms with Gasteiger partial charge in [0.15, 0.2) is 0 Å². The molecule has 3 rings (SSSR count). The van der Waals surface area contributed by atoms with E-state index in [2.05, 4.69) is 0 Å². The number of rotatable bonds is 3. The van der Waals surface area contributed by atoms with Gasteiger partial charge in [0.05, 0.1) is 5.38 Å². The van der Waals surface area contributed by atoms with E-state index >= 15 is 0 Å². The average molecular weight is 390 g/mol. The molecule has 0 saturated carbocycles. The van der Waals surface area contributed by atoms with Crippen molar-refractivity contribution in [1.82, 2.24) is 0 Å². The van der Waals surface area contributed by atoms with Crippen LogP contribution in [0.4, 0.5) is 11.4 Å². The third-order valence-corrected chi connectivity index (χ3v) is 9.60. The van der Waals surface area contributed by atoms with Crippen molar-refractivity contribution in [2.24, 2.45) is 0 Å². The van der Waals surface area contributed by atoms with E-state index in [1.54, 1.807) is 4.90 Å². The maximum atomic E-state index is 12.0. The number of hydrogen-bond donors (Lipinski definition) is 0. The molecule has 3 heterocycles. The number of halogens is 2. The Morgan fingerprint density at radius 3 is 2.00 bits per heavy atom. The van der Waals surface area contributed by atoms with Gasteiger partial charge in [-0.25, -0.2) is 0 Å². The van der Waals surface area contributed by atoms with Crippen LogP contribution in [0.1, 0.15) is 0 Å². The molecule has 0 saturated heterocycles. The first-order chi connectivity index (χ1) is 9.11. The minimum Gasteiger partial charge on any atom is -0.329 e. The van der Waals surface area contributed by atoms with Crippen LogP contribution in [0.15, 0.2) is 18.0 Å². The fraction of sp³-hybridized carbons (Fsp3) is 0.333. The smallest absolute Gasteiger partial charge is 0.267 e. The van der Waals surface area contributed by atoms with E-state index in [1.165, 1.54) is 53.1 Å². The summed E-state index contributed by atoms with van der Waals surface area (Å²) < 4.78 is 1.84. The van der Waals surface area contributed by atoms with Crippen LogP contribution >= 0.6 is 76.3 Å². The topological polar surface area (TPSA) is 37.4 Å². The van der Waals surface area contributed by atoms with E-state index in [0.717, 1.165) is 8.42 Å². The Morgan fingerprint density at radius 2 is 1.53 bits per heavy atom. The zero-order valence-corrected chi connectivity index (χ0v) is 14.6. The Kier molecular flexibility index (Phi) is 4.29. The average Bonchev–Trinajstić information content (AvgIpc) is 2.94. The van der Waals surface area contributed by atoms with Gasteiger partial charge < -0.3 is 4.90 Å². The molecule has 1 atom stereocenters. The minimum atomic E-state index is -0.306. The Morgan fingerprint density at radius 1 is 1.00 bits per heavy atom. The van der Waals surface area contributed by atoms with Crippen LogP contribution in [-0.2, 0) is 0 Å². The van der Waals surface area contributed by atoms with E-state index in [4.69, 9.17) is 23.2 Å². The third kappa shape index (κ3) is 2.52. The van der Waals surface area contributed by atoms with Crippen LogP contribution in [0.3, 0.4) is 0 Å². The molecule has 102 valence electrons. The number of fused-ring (bicyclic) bond motifs is 2. The van der Waals surface area contributed by atoms with Crippen molar-refractivity contribution < 1.29 is 0 Å². The Hall–Kier alpha value is 0.430. The van der Waals surface area contributed by atoms with Crippen LogP contribution < -0.4 is 14.4 Å². The first kappa shape index (κ1) is 14.4. The molecule has 3 nitrogen and oxygen atoms in total. The van der Waals surface area contributed by atoms with Gasteiger partial charge in [0, 0.05) is 12.4 Å². The SMILES string of the molecule is O=c1ssc2c1N(CC(Cl)CCl)c1c(ssc1=O)S2. The van der Waals surface area contributed by atoms with Gasteiger partial charge in [0.25, 0.3) is 9.48 Å². The van der Waals surface area contributed by atoms with Crippen LogP contribution in [0.25, 0.3) is 0 Å². The minimum absolute atomic E-state index is 0.0211. The van der Waals surface area contributed by atoms with Crippen LogP contribution in [0.2, 0.25) is 0 Å². The highest BCUT2D eigenvalue weighted by Crippen LogP contribution is 2.51. The van der Waals surface area contributed by atoms with E-state index in [9.17, 15) is 9.59 Å². The van der Waals surface area contributed by atoms with Gasteiger partial charge in [-0.1, -0.05) is 32.4 Å². The maximum absolute atomic E-state index is 12.0. The van der Waals surface area contributed by atoms with Gasteiger partial charge in [-0.3, -0.25) is 9.59 Å². The van der Waals surface area contributed by atoms with Gasteiger partial charge in [-0.2, -0.15) is 0 Å². The first-order valence-corrected chi connectivity index (χ1v) is 11.1. The molecule has 0 aliphatic carbocycles. The molecule has 0 bridgehead atoms. The molecule has 1 aliphatic rings. The number of alkyl halides is 2. The predicted molar refractivity (Wildman–Crippen MR) is 88.4 cm³/mol. The summed E-state index contributed by atoms with van der Waals surface area (Å²) in [6.07, 6.45) is 0. The molecule has 0 aromatic carbocycles. The van der Waals surface area contributed by atoms with Crippen molar-refractivity contribution >= 4 is 87.7 Å². The third-order valence-electron chi connectivity index (χ3n) is 2.43. The molecule has 2 aromatic rings. The molecule has 0 spiro atoms. The van der Waals surface area contributed by atoms with Crippen molar-refractivity contribution in [1.29, 1.82) is 0 Å². The quantitative estimate of drug-likeness (QED) is 0.584. The summed E-state index contributed by atoms with van der Waals surface area (Å²) in [5.74, 6) is 0.277. The summed E-state index contributed by atoms with van der Waals surface area (Å²) in [6.45, 7) is 0.378. The van der Waals surface area contributed by atoms with Crippen molar-refractivity contribution in [2.45, 2.75) is 13.8 Å². The van der Waals surface area contributed by atoms with Gasteiger partial charge in [-0.15, -0.1) is 23.2 Å². The molecule has 19 heavy (non-hydrogen) atoms. The molecular formula is C9H5Cl2NO2S5. The zero-order chi connectivity index (χ0) is 13.6. The van der Waals surface area contributed by atoms with E-state index in [1.807, 2.05) is 0 Å². The van der Waals surface area contributed by atoms with E-state index in [-0.39, 0.29) is 20.7 Å². The zero-order valence-electron chi connectivity index (χ0n) is 9.05. The largest absolute Gasteiger partial charge is 0.329 e. The second-order valence-corrected chi connectivity index (χ2v) is 10.3. The number of hydrogen-bond acceptors (Lipinski definition) is 8. The molecule has 0 radical (unpaired) electrons. The van der Waals surface area contributed by atoms with E-state index in [0.29, 0.717) is 17.9 Å². The highest BCUT2D eigenvalue weighted by atomic mass is 35.5. The van der Waals surface area contributed by atoms with Crippen molar-refractivity contribution in [3.63, 3.8) is 0 Å². The Bertz CT molecular complexity index is 663.